The van der Waals surface area contributed by atoms with Crippen LogP contribution in [0.25, 0.3) is 0 Å². The van der Waals surface area contributed by atoms with Crippen molar-refractivity contribution in [2.24, 2.45) is 0 Å². The van der Waals surface area contributed by atoms with Crippen LogP contribution in [0.1, 0.15) is 40.0 Å². The molecule has 0 aromatic carbocycles. The van der Waals surface area contributed by atoms with Crippen LogP contribution in [-0.4, -0.2) is 45.7 Å². The summed E-state index contributed by atoms with van der Waals surface area (Å²) in [5, 5.41) is 3.66. The number of rotatable bonds is 3. The van der Waals surface area contributed by atoms with Gasteiger partial charge in [-0.2, -0.15) is 0 Å². The standard InChI is InChI=1S/C15H23ClN4O2/c1-15(2,3)22-14(21)20-7-5-4-6-12(20)10-19-13-17-8-11(16)9-18-13/h8-9,12H,4-7,10H2,1-3H3,(H,17,18,19)/t12-/m0/s1. The van der Waals surface area contributed by atoms with Gasteiger partial charge in [0.05, 0.1) is 23.5 Å². The highest BCUT2D eigenvalue weighted by atomic mass is 35.5. The molecular weight excluding hydrogens is 304 g/mol. The first-order valence-electron chi connectivity index (χ1n) is 7.56. The van der Waals surface area contributed by atoms with Crippen LogP contribution in [-0.2, 0) is 4.74 Å². The Bertz CT molecular complexity index is 501. The second-order valence-electron chi connectivity index (χ2n) is 6.43. The van der Waals surface area contributed by atoms with E-state index in [4.69, 9.17) is 16.3 Å². The number of piperidine rings is 1. The molecule has 1 aromatic heterocycles. The highest BCUT2D eigenvalue weighted by Crippen LogP contribution is 2.20. The summed E-state index contributed by atoms with van der Waals surface area (Å²) in [6.07, 6.45) is 5.89. The average Bonchev–Trinajstić information content (AvgIpc) is 2.45. The Morgan fingerprint density at radius 1 is 1.41 bits per heavy atom. The van der Waals surface area contributed by atoms with Gasteiger partial charge in [0.15, 0.2) is 0 Å². The molecule has 122 valence electrons. The number of hydrogen-bond acceptors (Lipinski definition) is 5. The second kappa shape index (κ2) is 7.13. The van der Waals surface area contributed by atoms with E-state index in [-0.39, 0.29) is 12.1 Å². The fourth-order valence-corrected chi connectivity index (χ4v) is 2.48. The Kier molecular flexibility index (Phi) is 5.45. The van der Waals surface area contributed by atoms with Gasteiger partial charge in [0, 0.05) is 13.1 Å². The van der Waals surface area contributed by atoms with Crippen molar-refractivity contribution in [3.63, 3.8) is 0 Å². The van der Waals surface area contributed by atoms with Crippen LogP contribution in [0.15, 0.2) is 12.4 Å². The predicted octanol–water partition coefficient (Wildman–Crippen LogP) is 3.33. The lowest BCUT2D eigenvalue weighted by molar-refractivity contribution is 0.0114. The lowest BCUT2D eigenvalue weighted by Gasteiger charge is -2.36. The Morgan fingerprint density at radius 2 is 2.09 bits per heavy atom. The van der Waals surface area contributed by atoms with Crippen molar-refractivity contribution in [3.8, 4) is 0 Å². The third-order valence-electron chi connectivity index (χ3n) is 3.37. The molecule has 1 aliphatic rings. The smallest absolute Gasteiger partial charge is 0.410 e. The maximum Gasteiger partial charge on any atom is 0.410 e. The zero-order valence-electron chi connectivity index (χ0n) is 13.3. The summed E-state index contributed by atoms with van der Waals surface area (Å²) < 4.78 is 5.49. The first kappa shape index (κ1) is 16.8. The van der Waals surface area contributed by atoms with E-state index >= 15 is 0 Å². The number of carbonyl (C=O) groups excluding carboxylic acids is 1. The van der Waals surface area contributed by atoms with Crippen molar-refractivity contribution in [2.75, 3.05) is 18.4 Å². The zero-order valence-corrected chi connectivity index (χ0v) is 14.1. The zero-order chi connectivity index (χ0) is 16.2. The van der Waals surface area contributed by atoms with E-state index in [1.807, 2.05) is 20.8 Å². The first-order chi connectivity index (χ1) is 10.3. The molecule has 1 amide bonds. The van der Waals surface area contributed by atoms with Gasteiger partial charge in [-0.25, -0.2) is 14.8 Å². The predicted molar refractivity (Wildman–Crippen MR) is 86.1 cm³/mol. The minimum absolute atomic E-state index is 0.0860. The van der Waals surface area contributed by atoms with Crippen molar-refractivity contribution in [2.45, 2.75) is 51.7 Å². The van der Waals surface area contributed by atoms with Crippen LogP contribution >= 0.6 is 11.6 Å². The van der Waals surface area contributed by atoms with Gasteiger partial charge in [-0.15, -0.1) is 0 Å². The van der Waals surface area contributed by atoms with Crippen LogP contribution < -0.4 is 5.32 Å². The van der Waals surface area contributed by atoms with Crippen LogP contribution in [0, 0.1) is 0 Å². The van der Waals surface area contributed by atoms with E-state index in [2.05, 4.69) is 15.3 Å². The summed E-state index contributed by atoms with van der Waals surface area (Å²) in [7, 11) is 0. The van der Waals surface area contributed by atoms with Crippen molar-refractivity contribution in [1.29, 1.82) is 0 Å². The maximum absolute atomic E-state index is 12.3. The average molecular weight is 327 g/mol. The summed E-state index contributed by atoms with van der Waals surface area (Å²) in [6, 6.07) is 0.0860. The molecule has 6 nitrogen and oxygen atoms in total. The molecule has 0 saturated carbocycles. The van der Waals surface area contributed by atoms with Crippen molar-refractivity contribution in [1.82, 2.24) is 14.9 Å². The molecule has 0 unspecified atom stereocenters. The summed E-state index contributed by atoms with van der Waals surface area (Å²) >= 11 is 5.76. The van der Waals surface area contributed by atoms with Gasteiger partial charge < -0.3 is 15.0 Å². The molecule has 1 fully saturated rings. The lowest BCUT2D eigenvalue weighted by atomic mass is 10.0. The Balaban J connectivity index is 1.94. The Hall–Kier alpha value is -1.56. The van der Waals surface area contributed by atoms with E-state index < -0.39 is 5.60 Å². The Labute approximate surface area is 136 Å². The monoisotopic (exact) mass is 326 g/mol. The van der Waals surface area contributed by atoms with Gasteiger partial charge in [0.25, 0.3) is 0 Å². The fraction of sp³-hybridized carbons (Fsp3) is 0.667. The maximum atomic E-state index is 12.3. The Morgan fingerprint density at radius 3 is 2.73 bits per heavy atom. The van der Waals surface area contributed by atoms with E-state index in [0.29, 0.717) is 17.5 Å². The molecule has 2 heterocycles. The van der Waals surface area contributed by atoms with Crippen LogP contribution in [0.3, 0.4) is 0 Å². The van der Waals surface area contributed by atoms with Crippen LogP contribution in [0.2, 0.25) is 5.02 Å². The molecule has 0 bridgehead atoms. The lowest BCUT2D eigenvalue weighted by Crippen LogP contribution is -2.49. The van der Waals surface area contributed by atoms with E-state index in [9.17, 15) is 4.79 Å². The number of amides is 1. The normalized spacial score (nSPS) is 18.9. The molecule has 2 rings (SSSR count). The fourth-order valence-electron chi connectivity index (χ4n) is 2.39. The van der Waals surface area contributed by atoms with Crippen molar-refractivity contribution in [3.05, 3.63) is 17.4 Å². The number of hydrogen-bond donors (Lipinski definition) is 1. The number of nitrogens with zero attached hydrogens (tertiary/aromatic N) is 3. The molecule has 22 heavy (non-hydrogen) atoms. The number of ether oxygens (including phenoxy) is 1. The third-order valence-corrected chi connectivity index (χ3v) is 3.57. The number of aromatic nitrogens is 2. The molecular formula is C15H23ClN4O2. The highest BCUT2D eigenvalue weighted by Gasteiger charge is 2.30. The molecule has 7 heteroatoms. The molecule has 1 aromatic rings. The highest BCUT2D eigenvalue weighted by molar-refractivity contribution is 6.30. The van der Waals surface area contributed by atoms with Crippen molar-refractivity contribution < 1.29 is 9.53 Å². The number of anilines is 1. The molecule has 0 spiro atoms. The van der Waals surface area contributed by atoms with Gasteiger partial charge in [0.1, 0.15) is 5.60 Å². The van der Waals surface area contributed by atoms with Gasteiger partial charge in [-0.05, 0) is 40.0 Å². The van der Waals surface area contributed by atoms with Gasteiger partial charge in [0.2, 0.25) is 5.95 Å². The molecule has 1 atom stereocenters. The summed E-state index contributed by atoms with van der Waals surface area (Å²) in [5.74, 6) is 0.513. The third kappa shape index (κ3) is 5.02. The SMILES string of the molecule is CC(C)(C)OC(=O)N1CCCC[C@H]1CNc1ncc(Cl)cn1. The van der Waals surface area contributed by atoms with Gasteiger partial charge in [-0.3, -0.25) is 0 Å². The molecule has 1 saturated heterocycles. The summed E-state index contributed by atoms with van der Waals surface area (Å²) in [5.41, 5.74) is -0.480. The van der Waals surface area contributed by atoms with E-state index in [1.54, 1.807) is 17.3 Å². The second-order valence-corrected chi connectivity index (χ2v) is 6.87. The quantitative estimate of drug-likeness (QED) is 0.922. The van der Waals surface area contributed by atoms with Crippen LogP contribution in [0.4, 0.5) is 10.7 Å². The molecule has 1 aliphatic heterocycles. The number of nitrogens with one attached hydrogen (secondary N) is 1. The topological polar surface area (TPSA) is 67.3 Å². The number of halogens is 1. The molecule has 1 N–H and O–H groups in total. The van der Waals surface area contributed by atoms with Gasteiger partial charge in [-0.1, -0.05) is 11.6 Å². The van der Waals surface area contributed by atoms with Gasteiger partial charge >= 0.3 is 6.09 Å². The first-order valence-corrected chi connectivity index (χ1v) is 7.94. The molecule has 0 aliphatic carbocycles. The molecule has 0 radical (unpaired) electrons. The number of likely N-dealkylation sites (tertiary alicyclic amines) is 1. The largest absolute Gasteiger partial charge is 0.444 e. The van der Waals surface area contributed by atoms with E-state index in [1.165, 1.54) is 0 Å². The van der Waals surface area contributed by atoms with E-state index in [0.717, 1.165) is 25.8 Å². The minimum Gasteiger partial charge on any atom is -0.444 e. The van der Waals surface area contributed by atoms with Crippen molar-refractivity contribution >= 4 is 23.6 Å². The summed E-state index contributed by atoms with van der Waals surface area (Å²) in [6.45, 7) is 6.96. The minimum atomic E-state index is -0.480. The summed E-state index contributed by atoms with van der Waals surface area (Å²) in [4.78, 5) is 22.3. The van der Waals surface area contributed by atoms with Crippen LogP contribution in [0.5, 0.6) is 0 Å². The number of carbonyl (C=O) groups is 1.